The Balaban J connectivity index is 2.10. The number of benzene rings is 1. The van der Waals surface area contributed by atoms with Gasteiger partial charge < -0.3 is 15.4 Å². The quantitative estimate of drug-likeness (QED) is 0.899. The standard InChI is InChI=1S/C13H15F3N2O2/c14-13(15,16)20-11-6-2-1-5-10(11)18-9-4-3-7-17-12(19)8-9/h1-2,5-6,9,18H,3-4,7-8H2,(H,17,19). The second-order valence-corrected chi connectivity index (χ2v) is 4.58. The predicted molar refractivity (Wildman–Crippen MR) is 67.4 cm³/mol. The minimum absolute atomic E-state index is 0.103. The Morgan fingerprint density at radius 2 is 2.05 bits per heavy atom. The Morgan fingerprint density at radius 3 is 2.80 bits per heavy atom. The number of para-hydroxylation sites is 2. The van der Waals surface area contributed by atoms with E-state index in [1.165, 1.54) is 18.2 Å². The Kier molecular flexibility index (Phi) is 4.36. The van der Waals surface area contributed by atoms with Gasteiger partial charge in [0.1, 0.15) is 0 Å². The fourth-order valence-corrected chi connectivity index (χ4v) is 2.12. The molecule has 7 heteroatoms. The van der Waals surface area contributed by atoms with Crippen molar-refractivity contribution in [1.29, 1.82) is 0 Å². The van der Waals surface area contributed by atoms with E-state index in [0.717, 1.165) is 6.42 Å². The van der Waals surface area contributed by atoms with E-state index in [0.29, 0.717) is 13.0 Å². The molecule has 1 amide bonds. The van der Waals surface area contributed by atoms with Crippen LogP contribution in [0.3, 0.4) is 0 Å². The lowest BCUT2D eigenvalue weighted by atomic mass is 10.1. The van der Waals surface area contributed by atoms with Crippen LogP contribution in [0.5, 0.6) is 5.75 Å². The molecule has 4 nitrogen and oxygen atoms in total. The fourth-order valence-electron chi connectivity index (χ4n) is 2.12. The number of amides is 1. The third-order valence-corrected chi connectivity index (χ3v) is 2.96. The van der Waals surface area contributed by atoms with E-state index in [1.54, 1.807) is 6.07 Å². The first kappa shape index (κ1) is 14.5. The zero-order valence-corrected chi connectivity index (χ0v) is 10.7. The van der Waals surface area contributed by atoms with Crippen LogP contribution in [0.1, 0.15) is 19.3 Å². The van der Waals surface area contributed by atoms with Gasteiger partial charge in [-0.25, -0.2) is 0 Å². The number of hydrogen-bond acceptors (Lipinski definition) is 3. The van der Waals surface area contributed by atoms with E-state index in [-0.39, 0.29) is 29.8 Å². The summed E-state index contributed by atoms with van der Waals surface area (Å²) in [5.74, 6) is -0.390. The second kappa shape index (κ2) is 6.02. The number of ether oxygens (including phenoxy) is 1. The lowest BCUT2D eigenvalue weighted by molar-refractivity contribution is -0.274. The van der Waals surface area contributed by atoms with Gasteiger partial charge >= 0.3 is 6.36 Å². The SMILES string of the molecule is O=C1CC(Nc2ccccc2OC(F)(F)F)CCCN1. The summed E-state index contributed by atoms with van der Waals surface area (Å²) in [6.07, 6.45) is -3.01. The average Bonchev–Trinajstić information content (AvgIpc) is 2.54. The van der Waals surface area contributed by atoms with Crippen LogP contribution in [-0.4, -0.2) is 24.9 Å². The van der Waals surface area contributed by atoms with E-state index in [9.17, 15) is 18.0 Å². The molecule has 2 N–H and O–H groups in total. The highest BCUT2D eigenvalue weighted by atomic mass is 19.4. The van der Waals surface area contributed by atoms with Gasteiger partial charge in [0, 0.05) is 19.0 Å². The molecule has 110 valence electrons. The number of carbonyl (C=O) groups is 1. The highest BCUT2D eigenvalue weighted by Gasteiger charge is 2.32. The van der Waals surface area contributed by atoms with Gasteiger partial charge in [-0.05, 0) is 25.0 Å². The van der Waals surface area contributed by atoms with Gasteiger partial charge in [-0.1, -0.05) is 12.1 Å². The van der Waals surface area contributed by atoms with E-state index in [4.69, 9.17) is 0 Å². The van der Waals surface area contributed by atoms with E-state index in [2.05, 4.69) is 15.4 Å². The molecule has 2 rings (SSSR count). The van der Waals surface area contributed by atoms with Crippen LogP contribution in [0.15, 0.2) is 24.3 Å². The summed E-state index contributed by atoms with van der Waals surface area (Å²) in [7, 11) is 0. The van der Waals surface area contributed by atoms with Gasteiger partial charge in [0.2, 0.25) is 5.91 Å². The molecule has 1 aliphatic heterocycles. The van der Waals surface area contributed by atoms with Crippen molar-refractivity contribution in [1.82, 2.24) is 5.32 Å². The van der Waals surface area contributed by atoms with Crippen molar-refractivity contribution in [2.75, 3.05) is 11.9 Å². The van der Waals surface area contributed by atoms with Crippen molar-refractivity contribution in [3.05, 3.63) is 24.3 Å². The molecule has 1 unspecified atom stereocenters. The molecule has 0 saturated carbocycles. The minimum Gasteiger partial charge on any atom is -0.404 e. The molecule has 1 saturated heterocycles. The number of alkyl halides is 3. The number of halogens is 3. The summed E-state index contributed by atoms with van der Waals surface area (Å²) < 4.78 is 40.9. The summed E-state index contributed by atoms with van der Waals surface area (Å²) >= 11 is 0. The number of anilines is 1. The predicted octanol–water partition coefficient (Wildman–Crippen LogP) is 2.67. The Labute approximate surface area is 114 Å². The van der Waals surface area contributed by atoms with Gasteiger partial charge in [0.05, 0.1) is 5.69 Å². The Hall–Kier alpha value is -1.92. The van der Waals surface area contributed by atoms with Crippen LogP contribution in [0.2, 0.25) is 0 Å². The van der Waals surface area contributed by atoms with Crippen molar-refractivity contribution in [2.24, 2.45) is 0 Å². The van der Waals surface area contributed by atoms with Gasteiger partial charge in [-0.2, -0.15) is 0 Å². The molecule has 0 aliphatic carbocycles. The van der Waals surface area contributed by atoms with Crippen molar-refractivity contribution in [2.45, 2.75) is 31.7 Å². The van der Waals surface area contributed by atoms with Crippen molar-refractivity contribution >= 4 is 11.6 Å². The molecule has 1 heterocycles. The maximum absolute atomic E-state index is 12.3. The van der Waals surface area contributed by atoms with Crippen LogP contribution in [0.25, 0.3) is 0 Å². The lowest BCUT2D eigenvalue weighted by Crippen LogP contribution is -2.27. The van der Waals surface area contributed by atoms with Crippen LogP contribution >= 0.6 is 0 Å². The van der Waals surface area contributed by atoms with E-state index in [1.807, 2.05) is 0 Å². The lowest BCUT2D eigenvalue weighted by Gasteiger charge is -2.19. The van der Waals surface area contributed by atoms with Crippen LogP contribution in [0, 0.1) is 0 Å². The minimum atomic E-state index is -4.74. The van der Waals surface area contributed by atoms with Gasteiger partial charge in [-0.15, -0.1) is 13.2 Å². The maximum atomic E-state index is 12.3. The number of rotatable bonds is 3. The molecule has 0 radical (unpaired) electrons. The summed E-state index contributed by atoms with van der Waals surface area (Å²) in [6.45, 7) is 0.595. The van der Waals surface area contributed by atoms with Gasteiger partial charge in [0.15, 0.2) is 5.75 Å². The molecule has 1 aromatic rings. The Morgan fingerprint density at radius 1 is 1.30 bits per heavy atom. The molecule has 1 fully saturated rings. The molecule has 1 atom stereocenters. The van der Waals surface area contributed by atoms with Crippen LogP contribution in [0.4, 0.5) is 18.9 Å². The van der Waals surface area contributed by atoms with Crippen molar-refractivity contribution in [3.8, 4) is 5.75 Å². The van der Waals surface area contributed by atoms with Crippen molar-refractivity contribution < 1.29 is 22.7 Å². The summed E-state index contributed by atoms with van der Waals surface area (Å²) in [4.78, 5) is 11.4. The first-order valence-electron chi connectivity index (χ1n) is 6.32. The third kappa shape index (κ3) is 4.32. The molecule has 20 heavy (non-hydrogen) atoms. The first-order chi connectivity index (χ1) is 9.44. The largest absolute Gasteiger partial charge is 0.573 e. The number of carbonyl (C=O) groups excluding carboxylic acids is 1. The van der Waals surface area contributed by atoms with E-state index < -0.39 is 6.36 Å². The van der Waals surface area contributed by atoms with Crippen LogP contribution < -0.4 is 15.4 Å². The smallest absolute Gasteiger partial charge is 0.404 e. The zero-order valence-electron chi connectivity index (χ0n) is 10.7. The molecule has 0 aromatic heterocycles. The normalized spacial score (nSPS) is 19.9. The van der Waals surface area contributed by atoms with Crippen molar-refractivity contribution in [3.63, 3.8) is 0 Å². The average molecular weight is 288 g/mol. The third-order valence-electron chi connectivity index (χ3n) is 2.96. The topological polar surface area (TPSA) is 50.4 Å². The highest BCUT2D eigenvalue weighted by molar-refractivity contribution is 5.77. The van der Waals surface area contributed by atoms with E-state index >= 15 is 0 Å². The summed E-state index contributed by atoms with van der Waals surface area (Å²) in [5, 5.41) is 5.68. The monoisotopic (exact) mass is 288 g/mol. The number of nitrogens with one attached hydrogen (secondary N) is 2. The fraction of sp³-hybridized carbons (Fsp3) is 0.462. The zero-order chi connectivity index (χ0) is 14.6. The molecule has 0 bridgehead atoms. The molecule has 0 spiro atoms. The molecular formula is C13H15F3N2O2. The van der Waals surface area contributed by atoms with Gasteiger partial charge in [0.25, 0.3) is 0 Å². The maximum Gasteiger partial charge on any atom is 0.573 e. The second-order valence-electron chi connectivity index (χ2n) is 4.58. The first-order valence-corrected chi connectivity index (χ1v) is 6.32. The summed E-state index contributed by atoms with van der Waals surface area (Å²) in [5.41, 5.74) is 0.240. The molecule has 1 aliphatic rings. The Bertz CT molecular complexity index is 477. The molecule has 1 aromatic carbocycles. The highest BCUT2D eigenvalue weighted by Crippen LogP contribution is 2.31. The number of hydrogen-bond donors (Lipinski definition) is 2. The van der Waals surface area contributed by atoms with Crippen LogP contribution in [-0.2, 0) is 4.79 Å². The summed E-state index contributed by atoms with van der Waals surface area (Å²) in [6, 6.07) is 5.63. The van der Waals surface area contributed by atoms with Gasteiger partial charge in [-0.3, -0.25) is 4.79 Å². The molecular weight excluding hydrogens is 273 g/mol.